The van der Waals surface area contributed by atoms with Crippen molar-refractivity contribution in [2.75, 3.05) is 34.8 Å². The number of benzene rings is 3. The van der Waals surface area contributed by atoms with Gasteiger partial charge < -0.3 is 15.0 Å². The molecule has 0 saturated carbocycles. The second kappa shape index (κ2) is 9.13. The molecular formula is C23H23N3O4S2. The molecule has 2 N–H and O–H groups in total. The van der Waals surface area contributed by atoms with Gasteiger partial charge in [0.2, 0.25) is 15.9 Å². The fourth-order valence-corrected chi connectivity index (χ4v) is 5.18. The molecular weight excluding hydrogens is 446 g/mol. The molecule has 0 bridgehead atoms. The van der Waals surface area contributed by atoms with Gasteiger partial charge in [0.05, 0.1) is 30.4 Å². The molecule has 1 aliphatic heterocycles. The van der Waals surface area contributed by atoms with Crippen LogP contribution in [-0.2, 0) is 14.8 Å². The predicted molar refractivity (Wildman–Crippen MR) is 129 cm³/mol. The Morgan fingerprint density at radius 3 is 2.22 bits per heavy atom. The fourth-order valence-electron chi connectivity index (χ4n) is 3.52. The maximum atomic E-state index is 12.7. The number of sulfonamides is 1. The van der Waals surface area contributed by atoms with E-state index in [1.54, 1.807) is 30.0 Å². The average molecular weight is 470 g/mol. The number of hydrogen-bond acceptors (Lipinski definition) is 6. The standard InChI is InChI=1S/C23H23N3O4S2/c1-30-20-12-11-16(15-17(20)25-32(2,28)29)24-23(27)13-14-26-18-7-3-5-9-21(18)31-22-10-6-4-8-19(22)26/h3-12,15,25H,13-14H2,1-2H3,(H,24,27). The number of nitrogens with one attached hydrogen (secondary N) is 2. The molecule has 0 saturated heterocycles. The number of nitrogens with zero attached hydrogens (tertiary/aromatic N) is 1. The van der Waals surface area contributed by atoms with Crippen molar-refractivity contribution < 1.29 is 17.9 Å². The Morgan fingerprint density at radius 1 is 1.00 bits per heavy atom. The Bertz CT molecular complexity index is 1220. The van der Waals surface area contributed by atoms with Crippen molar-refractivity contribution in [2.45, 2.75) is 16.2 Å². The van der Waals surface area contributed by atoms with Crippen molar-refractivity contribution in [3.8, 4) is 5.75 Å². The number of ether oxygens (including phenoxy) is 1. The van der Waals surface area contributed by atoms with Crippen LogP contribution in [0, 0.1) is 0 Å². The first-order chi connectivity index (χ1) is 15.3. The lowest BCUT2D eigenvalue weighted by Gasteiger charge is -2.32. The maximum Gasteiger partial charge on any atom is 0.229 e. The van der Waals surface area contributed by atoms with Crippen LogP contribution in [-0.4, -0.2) is 34.2 Å². The molecule has 0 fully saturated rings. The number of carbonyl (C=O) groups excluding carboxylic acids is 1. The molecule has 3 aromatic carbocycles. The molecule has 9 heteroatoms. The van der Waals surface area contributed by atoms with Gasteiger partial charge in [0.25, 0.3) is 0 Å². The van der Waals surface area contributed by atoms with Crippen LogP contribution in [0.3, 0.4) is 0 Å². The molecule has 0 spiro atoms. The molecule has 166 valence electrons. The summed E-state index contributed by atoms with van der Waals surface area (Å²) in [5, 5.41) is 2.85. The Labute approximate surface area is 191 Å². The highest BCUT2D eigenvalue weighted by molar-refractivity contribution is 7.99. The Kier molecular flexibility index (Phi) is 6.29. The number of anilines is 4. The summed E-state index contributed by atoms with van der Waals surface area (Å²) in [5.41, 5.74) is 2.90. The van der Waals surface area contributed by atoms with Crippen LogP contribution >= 0.6 is 11.8 Å². The van der Waals surface area contributed by atoms with Crippen LogP contribution in [0.25, 0.3) is 0 Å². The summed E-state index contributed by atoms with van der Waals surface area (Å²) in [7, 11) is -2.04. The SMILES string of the molecule is COc1ccc(NC(=O)CCN2c3ccccc3Sc3ccccc32)cc1NS(C)(=O)=O. The lowest BCUT2D eigenvalue weighted by atomic mass is 10.2. The minimum atomic E-state index is -3.49. The van der Waals surface area contributed by atoms with Crippen molar-refractivity contribution in [3.05, 3.63) is 66.7 Å². The molecule has 1 heterocycles. The van der Waals surface area contributed by atoms with Crippen LogP contribution in [0.2, 0.25) is 0 Å². The summed E-state index contributed by atoms with van der Waals surface area (Å²) in [6, 6.07) is 21.1. The Balaban J connectivity index is 1.49. The second-order valence-corrected chi connectivity index (χ2v) is 10.1. The van der Waals surface area contributed by atoms with Gasteiger partial charge in [0.15, 0.2) is 0 Å². The number of hydrogen-bond donors (Lipinski definition) is 2. The minimum Gasteiger partial charge on any atom is -0.495 e. The van der Waals surface area contributed by atoms with Gasteiger partial charge in [0.1, 0.15) is 5.75 Å². The third kappa shape index (κ3) is 5.00. The third-order valence-corrected chi connectivity index (χ3v) is 6.59. The van der Waals surface area contributed by atoms with Crippen molar-refractivity contribution >= 4 is 50.4 Å². The van der Waals surface area contributed by atoms with E-state index in [9.17, 15) is 13.2 Å². The molecule has 0 aromatic heterocycles. The van der Waals surface area contributed by atoms with Crippen molar-refractivity contribution in [2.24, 2.45) is 0 Å². The lowest BCUT2D eigenvalue weighted by Crippen LogP contribution is -2.26. The monoisotopic (exact) mass is 469 g/mol. The van der Waals surface area contributed by atoms with E-state index in [-0.39, 0.29) is 18.0 Å². The van der Waals surface area contributed by atoms with Crippen molar-refractivity contribution in [1.29, 1.82) is 0 Å². The van der Waals surface area contributed by atoms with E-state index in [4.69, 9.17) is 4.74 Å². The normalized spacial score (nSPS) is 12.5. The fraction of sp³-hybridized carbons (Fsp3) is 0.174. The first-order valence-electron chi connectivity index (χ1n) is 9.93. The maximum absolute atomic E-state index is 12.7. The van der Waals surface area contributed by atoms with Crippen LogP contribution in [0.15, 0.2) is 76.5 Å². The van der Waals surface area contributed by atoms with Crippen LogP contribution in [0.4, 0.5) is 22.7 Å². The Morgan fingerprint density at radius 2 is 1.62 bits per heavy atom. The molecule has 0 aliphatic carbocycles. The van der Waals surface area contributed by atoms with Crippen molar-refractivity contribution in [3.63, 3.8) is 0 Å². The van der Waals surface area contributed by atoms with Crippen LogP contribution in [0.5, 0.6) is 5.75 Å². The largest absolute Gasteiger partial charge is 0.495 e. The zero-order valence-electron chi connectivity index (χ0n) is 17.7. The van der Waals surface area contributed by atoms with E-state index in [0.717, 1.165) is 27.4 Å². The number of fused-ring (bicyclic) bond motifs is 2. The Hall–Kier alpha value is -3.17. The quantitative estimate of drug-likeness (QED) is 0.522. The van der Waals surface area contributed by atoms with Gasteiger partial charge in [-0.2, -0.15) is 0 Å². The van der Waals surface area contributed by atoms with E-state index >= 15 is 0 Å². The minimum absolute atomic E-state index is 0.173. The second-order valence-electron chi connectivity index (χ2n) is 7.28. The third-order valence-electron chi connectivity index (χ3n) is 4.87. The number of methoxy groups -OCH3 is 1. The summed E-state index contributed by atoms with van der Waals surface area (Å²) >= 11 is 1.72. The van der Waals surface area contributed by atoms with Crippen LogP contribution < -0.4 is 19.7 Å². The molecule has 7 nitrogen and oxygen atoms in total. The number of amides is 1. The highest BCUT2D eigenvalue weighted by atomic mass is 32.2. The highest BCUT2D eigenvalue weighted by Crippen LogP contribution is 2.47. The van der Waals surface area contributed by atoms with Crippen LogP contribution in [0.1, 0.15) is 6.42 Å². The molecule has 4 rings (SSSR count). The topological polar surface area (TPSA) is 87.7 Å². The molecule has 0 radical (unpaired) electrons. The first kappa shape index (κ1) is 22.0. The molecule has 0 unspecified atom stereocenters. The average Bonchev–Trinajstić information content (AvgIpc) is 2.75. The van der Waals surface area contributed by atoms with Gasteiger partial charge in [-0.25, -0.2) is 8.42 Å². The van der Waals surface area contributed by atoms with E-state index in [0.29, 0.717) is 18.0 Å². The first-order valence-corrected chi connectivity index (χ1v) is 12.6. The van der Waals surface area contributed by atoms with E-state index < -0.39 is 10.0 Å². The summed E-state index contributed by atoms with van der Waals surface area (Å²) < 4.78 is 30.8. The van der Waals surface area contributed by atoms with Gasteiger partial charge in [-0.05, 0) is 42.5 Å². The molecule has 1 aliphatic rings. The summed E-state index contributed by atoms with van der Waals surface area (Å²) in [6.45, 7) is 0.505. The van der Waals surface area contributed by atoms with E-state index in [1.807, 2.05) is 24.3 Å². The number of rotatable bonds is 7. The van der Waals surface area contributed by atoms with Gasteiger partial charge in [0, 0.05) is 28.4 Å². The van der Waals surface area contributed by atoms with Gasteiger partial charge >= 0.3 is 0 Å². The molecule has 3 aromatic rings. The predicted octanol–water partition coefficient (Wildman–Crippen LogP) is 4.70. The smallest absolute Gasteiger partial charge is 0.229 e. The van der Waals surface area contributed by atoms with E-state index in [1.165, 1.54) is 7.11 Å². The lowest BCUT2D eigenvalue weighted by molar-refractivity contribution is -0.116. The molecule has 32 heavy (non-hydrogen) atoms. The zero-order valence-corrected chi connectivity index (χ0v) is 19.3. The number of carbonyl (C=O) groups is 1. The van der Waals surface area contributed by atoms with Gasteiger partial charge in [-0.1, -0.05) is 36.0 Å². The van der Waals surface area contributed by atoms with Gasteiger partial charge in [-0.15, -0.1) is 0 Å². The van der Waals surface area contributed by atoms with E-state index in [2.05, 4.69) is 39.2 Å². The van der Waals surface area contributed by atoms with Crippen molar-refractivity contribution in [1.82, 2.24) is 0 Å². The summed E-state index contributed by atoms with van der Waals surface area (Å²) in [5.74, 6) is 0.195. The zero-order chi connectivity index (χ0) is 22.7. The van der Waals surface area contributed by atoms with Gasteiger partial charge in [-0.3, -0.25) is 9.52 Å². The highest BCUT2D eigenvalue weighted by Gasteiger charge is 2.23. The molecule has 1 amide bonds. The molecule has 0 atom stereocenters. The summed E-state index contributed by atoms with van der Waals surface area (Å²) in [4.78, 5) is 17.2. The number of para-hydroxylation sites is 2. The summed E-state index contributed by atoms with van der Waals surface area (Å²) in [6.07, 6.45) is 1.32.